The van der Waals surface area contributed by atoms with Crippen molar-refractivity contribution in [1.29, 1.82) is 0 Å². The quantitative estimate of drug-likeness (QED) is 0.718. The molecule has 0 radical (unpaired) electrons. The maximum Gasteiger partial charge on any atom is 0.307 e. The van der Waals surface area contributed by atoms with Crippen molar-refractivity contribution < 1.29 is 17.9 Å². The zero-order chi connectivity index (χ0) is 15.3. The summed E-state index contributed by atoms with van der Waals surface area (Å²) >= 11 is 1.54. The molecule has 1 aliphatic carbocycles. The number of carbonyl (C=O) groups is 1. The molecule has 21 heavy (non-hydrogen) atoms. The van der Waals surface area contributed by atoms with Gasteiger partial charge in [-0.3, -0.25) is 4.79 Å². The molecule has 1 aromatic rings. The molecular formula is C14H21NO4S2. The summed E-state index contributed by atoms with van der Waals surface area (Å²) in [5, 5.41) is 2.61. The van der Waals surface area contributed by atoms with Crippen LogP contribution in [0.2, 0.25) is 0 Å². The number of hydrogen-bond donors (Lipinski definition) is 0. The lowest BCUT2D eigenvalue weighted by Gasteiger charge is -2.10. The third-order valence-corrected chi connectivity index (χ3v) is 6.99. The van der Waals surface area contributed by atoms with E-state index in [0.29, 0.717) is 0 Å². The smallest absolute Gasteiger partial charge is 0.307 e. The second-order valence-electron chi connectivity index (χ2n) is 5.27. The van der Waals surface area contributed by atoms with Crippen LogP contribution in [0.1, 0.15) is 49.7 Å². The molecule has 7 heteroatoms. The molecule has 0 unspecified atom stereocenters. The van der Waals surface area contributed by atoms with Crippen LogP contribution in [0, 0.1) is 0 Å². The topological polar surface area (TPSA) is 73.3 Å². The summed E-state index contributed by atoms with van der Waals surface area (Å²) in [7, 11) is -3.15. The van der Waals surface area contributed by atoms with E-state index in [0.717, 1.165) is 42.8 Å². The minimum absolute atomic E-state index is 0.0659. The summed E-state index contributed by atoms with van der Waals surface area (Å²) < 4.78 is 29.2. The molecule has 5 nitrogen and oxygen atoms in total. The van der Waals surface area contributed by atoms with Gasteiger partial charge in [-0.05, 0) is 19.3 Å². The summed E-state index contributed by atoms with van der Waals surface area (Å²) in [5.74, 6) is -0.573. The monoisotopic (exact) mass is 331 g/mol. The first-order chi connectivity index (χ1) is 10.0. The fourth-order valence-electron chi connectivity index (χ4n) is 2.44. The normalized spacial score (nSPS) is 16.2. The molecule has 0 aliphatic heterocycles. The van der Waals surface area contributed by atoms with Gasteiger partial charge in [-0.25, -0.2) is 13.4 Å². The molecule has 1 heterocycles. The number of esters is 1. The van der Waals surface area contributed by atoms with Crippen LogP contribution in [0.25, 0.3) is 0 Å². The van der Waals surface area contributed by atoms with Gasteiger partial charge in [0.05, 0.1) is 28.1 Å². The minimum Gasteiger partial charge on any atom is -0.459 e. The van der Waals surface area contributed by atoms with Crippen LogP contribution in [-0.2, 0) is 32.4 Å². The summed E-state index contributed by atoms with van der Waals surface area (Å²) in [6, 6.07) is 0. The molecule has 0 spiro atoms. The molecule has 118 valence electrons. The average Bonchev–Trinajstić information content (AvgIpc) is 3.13. The van der Waals surface area contributed by atoms with Crippen molar-refractivity contribution in [2.45, 2.75) is 57.3 Å². The van der Waals surface area contributed by atoms with E-state index in [9.17, 15) is 13.2 Å². The molecule has 0 N–H and O–H groups in total. The van der Waals surface area contributed by atoms with Gasteiger partial charge in [-0.2, -0.15) is 0 Å². The lowest BCUT2D eigenvalue weighted by molar-refractivity contribution is -0.144. The number of aromatic nitrogens is 1. The van der Waals surface area contributed by atoms with Gasteiger partial charge in [0.1, 0.15) is 6.61 Å². The Morgan fingerprint density at radius 1 is 1.43 bits per heavy atom. The van der Waals surface area contributed by atoms with Gasteiger partial charge in [0.25, 0.3) is 0 Å². The first-order valence-corrected chi connectivity index (χ1v) is 9.91. The van der Waals surface area contributed by atoms with Crippen LogP contribution in [0.3, 0.4) is 0 Å². The van der Waals surface area contributed by atoms with Gasteiger partial charge in [0, 0.05) is 5.38 Å². The van der Waals surface area contributed by atoms with Gasteiger partial charge in [0.15, 0.2) is 9.84 Å². The maximum atomic E-state index is 12.0. The first kappa shape index (κ1) is 16.4. The summed E-state index contributed by atoms with van der Waals surface area (Å²) in [4.78, 5) is 15.9. The van der Waals surface area contributed by atoms with E-state index in [-0.39, 0.29) is 24.0 Å². The number of rotatable bonds is 7. The van der Waals surface area contributed by atoms with Crippen LogP contribution in [-0.4, -0.2) is 30.4 Å². The number of nitrogens with zero attached hydrogens (tertiary/aromatic N) is 1. The van der Waals surface area contributed by atoms with Crippen LogP contribution >= 0.6 is 11.3 Å². The third-order valence-electron chi connectivity index (χ3n) is 3.68. The van der Waals surface area contributed by atoms with Crippen molar-refractivity contribution in [2.24, 2.45) is 0 Å². The van der Waals surface area contributed by atoms with E-state index in [1.165, 1.54) is 11.3 Å². The van der Waals surface area contributed by atoms with Crippen LogP contribution in [0.5, 0.6) is 0 Å². The fourth-order valence-corrected chi connectivity index (χ4v) is 5.01. The second-order valence-corrected chi connectivity index (χ2v) is 8.61. The van der Waals surface area contributed by atoms with E-state index >= 15 is 0 Å². The minimum atomic E-state index is -3.15. The molecule has 0 bridgehead atoms. The number of ether oxygens (including phenoxy) is 1. The molecule has 1 aromatic heterocycles. The third kappa shape index (κ3) is 4.78. The Bertz CT molecular complexity index is 574. The Kier molecular flexibility index (Phi) is 5.75. The highest BCUT2D eigenvalue weighted by molar-refractivity contribution is 7.92. The lowest BCUT2D eigenvalue weighted by atomic mass is 10.4. The van der Waals surface area contributed by atoms with Crippen molar-refractivity contribution >= 4 is 27.1 Å². The van der Waals surface area contributed by atoms with Gasteiger partial charge in [0.2, 0.25) is 0 Å². The van der Waals surface area contributed by atoms with Gasteiger partial charge in [-0.15, -0.1) is 11.3 Å². The van der Waals surface area contributed by atoms with Crippen molar-refractivity contribution in [1.82, 2.24) is 4.98 Å². The first-order valence-electron chi connectivity index (χ1n) is 7.31. The molecule has 1 saturated carbocycles. The standard InChI is InChI=1S/C14H21NO4S2/c1-2-13-15-11(10-20-13)9-19-14(16)7-8-21(17,18)12-5-3-4-6-12/h10,12H,2-9H2,1H3. The zero-order valence-corrected chi connectivity index (χ0v) is 13.8. The number of thiazole rings is 1. The molecule has 0 atom stereocenters. The molecular weight excluding hydrogens is 310 g/mol. The Labute approximate surface area is 129 Å². The van der Waals surface area contributed by atoms with Crippen LogP contribution < -0.4 is 0 Å². The Balaban J connectivity index is 1.74. The molecule has 0 amide bonds. The zero-order valence-electron chi connectivity index (χ0n) is 12.2. The summed E-state index contributed by atoms with van der Waals surface area (Å²) in [5.41, 5.74) is 0.726. The SMILES string of the molecule is CCc1nc(COC(=O)CCS(=O)(=O)C2CCCC2)cs1. The van der Waals surface area contributed by atoms with E-state index < -0.39 is 15.8 Å². The Morgan fingerprint density at radius 3 is 2.76 bits per heavy atom. The van der Waals surface area contributed by atoms with Crippen molar-refractivity contribution in [2.75, 3.05) is 5.75 Å². The lowest BCUT2D eigenvalue weighted by Crippen LogP contribution is -2.23. The van der Waals surface area contributed by atoms with Crippen molar-refractivity contribution in [3.8, 4) is 0 Å². The molecule has 0 saturated heterocycles. The number of sulfone groups is 1. The number of hydrogen-bond acceptors (Lipinski definition) is 6. The fraction of sp³-hybridized carbons (Fsp3) is 0.714. The predicted octanol–water partition coefficient (Wildman–Crippen LogP) is 2.50. The van der Waals surface area contributed by atoms with E-state index in [2.05, 4.69) is 4.98 Å². The molecule has 1 aliphatic rings. The second kappa shape index (κ2) is 7.35. The number of aryl methyl sites for hydroxylation is 1. The molecule has 2 rings (SSSR count). The van der Waals surface area contributed by atoms with E-state index in [1.54, 1.807) is 0 Å². The highest BCUT2D eigenvalue weighted by atomic mass is 32.2. The van der Waals surface area contributed by atoms with Gasteiger partial charge < -0.3 is 4.74 Å². The summed E-state index contributed by atoms with van der Waals surface area (Å²) in [6.45, 7) is 2.14. The van der Waals surface area contributed by atoms with Crippen LogP contribution in [0.15, 0.2) is 5.38 Å². The number of carbonyl (C=O) groups excluding carboxylic acids is 1. The predicted molar refractivity (Wildman–Crippen MR) is 81.9 cm³/mol. The Hall–Kier alpha value is -0.950. The summed E-state index contributed by atoms with van der Waals surface area (Å²) in [6.07, 6.45) is 4.20. The van der Waals surface area contributed by atoms with E-state index in [4.69, 9.17) is 4.74 Å². The maximum absolute atomic E-state index is 12.0. The highest BCUT2D eigenvalue weighted by Gasteiger charge is 2.29. The van der Waals surface area contributed by atoms with Crippen molar-refractivity contribution in [3.63, 3.8) is 0 Å². The molecule has 1 fully saturated rings. The largest absolute Gasteiger partial charge is 0.459 e. The van der Waals surface area contributed by atoms with Crippen LogP contribution in [0.4, 0.5) is 0 Å². The molecule has 0 aromatic carbocycles. The van der Waals surface area contributed by atoms with Gasteiger partial charge in [-0.1, -0.05) is 19.8 Å². The highest BCUT2D eigenvalue weighted by Crippen LogP contribution is 2.25. The van der Waals surface area contributed by atoms with E-state index in [1.807, 2.05) is 12.3 Å². The van der Waals surface area contributed by atoms with Crippen molar-refractivity contribution in [3.05, 3.63) is 16.1 Å². The Morgan fingerprint density at radius 2 is 2.14 bits per heavy atom. The average molecular weight is 331 g/mol. The van der Waals surface area contributed by atoms with Gasteiger partial charge >= 0.3 is 5.97 Å².